The summed E-state index contributed by atoms with van der Waals surface area (Å²) >= 11 is 0. The van der Waals surface area contributed by atoms with Crippen LogP contribution in [0.5, 0.6) is 0 Å². The quantitative estimate of drug-likeness (QED) is 0.889. The minimum absolute atomic E-state index is 0.262. The van der Waals surface area contributed by atoms with Gasteiger partial charge in [0.15, 0.2) is 0 Å². The van der Waals surface area contributed by atoms with Gasteiger partial charge in [-0.05, 0) is 39.5 Å². The monoisotopic (exact) mass is 283 g/mol. The lowest BCUT2D eigenvalue weighted by Crippen LogP contribution is -2.42. The number of H-pyrrole nitrogens is 1. The predicted molar refractivity (Wildman–Crippen MR) is 71.4 cm³/mol. The minimum atomic E-state index is -0.522. The van der Waals surface area contributed by atoms with E-state index in [0.29, 0.717) is 31.3 Å². The summed E-state index contributed by atoms with van der Waals surface area (Å²) in [6.07, 6.45) is 2.08. The van der Waals surface area contributed by atoms with Crippen molar-refractivity contribution in [1.82, 2.24) is 15.1 Å². The highest BCUT2D eigenvalue weighted by Crippen LogP contribution is 2.22. The van der Waals surface area contributed by atoms with Crippen molar-refractivity contribution in [3.8, 4) is 0 Å². The number of likely N-dealkylation sites (tertiary alicyclic amines) is 1. The molecule has 1 fully saturated rings. The van der Waals surface area contributed by atoms with Crippen LogP contribution >= 0.6 is 0 Å². The zero-order chi connectivity index (χ0) is 14.8. The largest absolute Gasteiger partial charge is 0.444 e. The van der Waals surface area contributed by atoms with Gasteiger partial charge in [0.25, 0.3) is 0 Å². The number of nitrogens with zero attached hydrogens (tertiary/aromatic N) is 2. The van der Waals surface area contributed by atoms with E-state index in [1.165, 1.54) is 0 Å². The van der Waals surface area contributed by atoms with E-state index in [0.717, 1.165) is 12.8 Å². The number of hydrogen-bond acceptors (Lipinski definition) is 5. The highest BCUT2D eigenvalue weighted by atomic mass is 16.6. The fourth-order valence-electron chi connectivity index (χ4n) is 2.24. The first-order valence-corrected chi connectivity index (χ1v) is 6.86. The van der Waals surface area contributed by atoms with E-state index in [9.17, 15) is 9.59 Å². The molecule has 1 aliphatic rings. The molecule has 1 saturated heterocycles. The average Bonchev–Trinajstić information content (AvgIpc) is 2.73. The van der Waals surface area contributed by atoms with E-state index in [4.69, 9.17) is 9.15 Å². The van der Waals surface area contributed by atoms with Gasteiger partial charge >= 0.3 is 11.8 Å². The summed E-state index contributed by atoms with van der Waals surface area (Å²) < 4.78 is 10.2. The molecule has 1 aromatic rings. The molecule has 0 atom stereocenters. The molecular weight excluding hydrogens is 262 g/mol. The summed E-state index contributed by atoms with van der Waals surface area (Å²) in [4.78, 5) is 24.5. The van der Waals surface area contributed by atoms with Crippen molar-refractivity contribution in [1.29, 1.82) is 0 Å². The number of rotatable bonds is 2. The van der Waals surface area contributed by atoms with Gasteiger partial charge in [-0.15, -0.1) is 5.10 Å². The SMILES string of the molecule is CC(C)(C)OC(=O)N1CCC(Cc2n[nH]c(=O)o2)CC1. The van der Waals surface area contributed by atoms with Crippen molar-refractivity contribution < 1.29 is 13.9 Å². The van der Waals surface area contributed by atoms with Gasteiger partial charge in [0.2, 0.25) is 5.89 Å². The van der Waals surface area contributed by atoms with Crippen LogP contribution in [-0.2, 0) is 11.2 Å². The molecule has 0 aromatic carbocycles. The molecule has 1 aliphatic heterocycles. The normalized spacial score (nSPS) is 17.2. The van der Waals surface area contributed by atoms with Crippen LogP contribution in [0.3, 0.4) is 0 Å². The molecule has 1 aromatic heterocycles. The molecule has 20 heavy (non-hydrogen) atoms. The van der Waals surface area contributed by atoms with Crippen molar-refractivity contribution in [3.05, 3.63) is 16.4 Å². The Morgan fingerprint density at radius 2 is 2.10 bits per heavy atom. The third-order valence-corrected chi connectivity index (χ3v) is 3.21. The zero-order valence-electron chi connectivity index (χ0n) is 12.1. The Morgan fingerprint density at radius 1 is 1.45 bits per heavy atom. The van der Waals surface area contributed by atoms with Crippen molar-refractivity contribution in [2.24, 2.45) is 5.92 Å². The maximum absolute atomic E-state index is 11.9. The summed E-state index contributed by atoms with van der Waals surface area (Å²) in [6.45, 7) is 6.90. The summed E-state index contributed by atoms with van der Waals surface area (Å²) in [5.41, 5.74) is -0.466. The van der Waals surface area contributed by atoms with Crippen LogP contribution in [0.25, 0.3) is 0 Å². The first-order valence-electron chi connectivity index (χ1n) is 6.86. The first kappa shape index (κ1) is 14.6. The fraction of sp³-hybridized carbons (Fsp3) is 0.769. The van der Waals surface area contributed by atoms with Crippen LogP contribution in [0.2, 0.25) is 0 Å². The van der Waals surface area contributed by atoms with Crippen LogP contribution < -0.4 is 5.76 Å². The third-order valence-electron chi connectivity index (χ3n) is 3.21. The molecule has 7 nitrogen and oxygen atoms in total. The van der Waals surface area contributed by atoms with Gasteiger partial charge in [-0.2, -0.15) is 0 Å². The number of piperidine rings is 1. The number of nitrogens with one attached hydrogen (secondary N) is 1. The number of aromatic nitrogens is 2. The van der Waals surface area contributed by atoms with Crippen LogP contribution in [0.4, 0.5) is 4.79 Å². The molecular formula is C13H21N3O4. The lowest BCUT2D eigenvalue weighted by molar-refractivity contribution is 0.0182. The highest BCUT2D eigenvalue weighted by molar-refractivity contribution is 5.68. The minimum Gasteiger partial charge on any atom is -0.444 e. The number of aromatic amines is 1. The Bertz CT molecular complexity index is 506. The zero-order valence-corrected chi connectivity index (χ0v) is 12.1. The third kappa shape index (κ3) is 4.11. The van der Waals surface area contributed by atoms with E-state index in [-0.39, 0.29) is 6.09 Å². The molecule has 0 unspecified atom stereocenters. The van der Waals surface area contributed by atoms with Crippen LogP contribution in [0, 0.1) is 5.92 Å². The van der Waals surface area contributed by atoms with E-state index in [2.05, 4.69) is 10.2 Å². The lowest BCUT2D eigenvalue weighted by atomic mass is 9.94. The molecule has 0 spiro atoms. The van der Waals surface area contributed by atoms with E-state index in [1.54, 1.807) is 4.90 Å². The van der Waals surface area contributed by atoms with Gasteiger partial charge in [0, 0.05) is 19.5 Å². The molecule has 112 valence electrons. The van der Waals surface area contributed by atoms with Gasteiger partial charge in [-0.1, -0.05) is 0 Å². The van der Waals surface area contributed by atoms with Crippen LogP contribution in [-0.4, -0.2) is 39.9 Å². The maximum Gasteiger partial charge on any atom is 0.434 e. The van der Waals surface area contributed by atoms with Crippen molar-refractivity contribution in [2.45, 2.75) is 45.6 Å². The summed E-state index contributed by atoms with van der Waals surface area (Å²) in [6, 6.07) is 0. The second-order valence-corrected chi connectivity index (χ2v) is 6.12. The van der Waals surface area contributed by atoms with Gasteiger partial charge in [0.05, 0.1) is 0 Å². The van der Waals surface area contributed by atoms with Gasteiger partial charge in [-0.25, -0.2) is 14.7 Å². The smallest absolute Gasteiger partial charge is 0.434 e. The Labute approximate surface area is 117 Å². The highest BCUT2D eigenvalue weighted by Gasteiger charge is 2.27. The van der Waals surface area contributed by atoms with Crippen molar-refractivity contribution >= 4 is 6.09 Å². The first-order chi connectivity index (χ1) is 9.33. The molecule has 0 aliphatic carbocycles. The van der Waals surface area contributed by atoms with E-state index in [1.807, 2.05) is 20.8 Å². The molecule has 0 radical (unpaired) electrons. The standard InChI is InChI=1S/C13H21N3O4/c1-13(2,3)20-12(18)16-6-4-9(5-7-16)8-10-14-15-11(17)19-10/h9H,4-8H2,1-3H3,(H,15,17). The van der Waals surface area contributed by atoms with Crippen LogP contribution in [0.1, 0.15) is 39.5 Å². The Kier molecular flexibility index (Phi) is 4.15. The van der Waals surface area contributed by atoms with Crippen molar-refractivity contribution in [3.63, 3.8) is 0 Å². The van der Waals surface area contributed by atoms with Crippen LogP contribution in [0.15, 0.2) is 9.21 Å². The second-order valence-electron chi connectivity index (χ2n) is 6.12. The molecule has 2 rings (SSSR count). The number of carbonyl (C=O) groups excluding carboxylic acids is 1. The van der Waals surface area contributed by atoms with Gasteiger partial charge < -0.3 is 14.1 Å². The molecule has 1 amide bonds. The van der Waals surface area contributed by atoms with Gasteiger partial charge in [0.1, 0.15) is 5.60 Å². The maximum atomic E-state index is 11.9. The average molecular weight is 283 g/mol. The topological polar surface area (TPSA) is 88.4 Å². The molecule has 0 bridgehead atoms. The Hall–Kier alpha value is -1.79. The molecule has 1 N–H and O–H groups in total. The van der Waals surface area contributed by atoms with E-state index >= 15 is 0 Å². The lowest BCUT2D eigenvalue weighted by Gasteiger charge is -2.33. The molecule has 0 saturated carbocycles. The summed E-state index contributed by atoms with van der Waals surface area (Å²) in [7, 11) is 0. The predicted octanol–water partition coefficient (Wildman–Crippen LogP) is 1.55. The molecule has 2 heterocycles. The Balaban J connectivity index is 1.80. The second kappa shape index (κ2) is 5.68. The number of hydrogen-bond donors (Lipinski definition) is 1. The summed E-state index contributed by atoms with van der Waals surface area (Å²) in [5.74, 6) is 0.289. The van der Waals surface area contributed by atoms with Gasteiger partial charge in [-0.3, -0.25) is 0 Å². The number of carbonyl (C=O) groups is 1. The number of ether oxygens (including phenoxy) is 1. The number of amides is 1. The van der Waals surface area contributed by atoms with E-state index < -0.39 is 11.4 Å². The fourth-order valence-corrected chi connectivity index (χ4v) is 2.24. The summed E-state index contributed by atoms with van der Waals surface area (Å²) in [5, 5.41) is 6.06. The van der Waals surface area contributed by atoms with Crippen molar-refractivity contribution in [2.75, 3.05) is 13.1 Å². The Morgan fingerprint density at radius 3 is 2.60 bits per heavy atom. The molecule has 7 heteroatoms.